The second kappa shape index (κ2) is 6.79. The molecule has 1 aromatic heterocycles. The molecule has 0 aliphatic rings. The zero-order chi connectivity index (χ0) is 16.3. The number of benzene rings is 1. The van der Waals surface area contributed by atoms with Crippen LogP contribution in [-0.4, -0.2) is 21.1 Å². The number of anilines is 1. The molecule has 22 heavy (non-hydrogen) atoms. The molecule has 1 aromatic carbocycles. The molecule has 0 fully saturated rings. The zero-order valence-electron chi connectivity index (χ0n) is 11.8. The third-order valence-electron chi connectivity index (χ3n) is 2.87. The van der Waals surface area contributed by atoms with Crippen LogP contribution in [0, 0.1) is 12.3 Å². The van der Waals surface area contributed by atoms with Crippen LogP contribution in [0.3, 0.4) is 0 Å². The molecule has 2 aromatic rings. The predicted octanol–water partition coefficient (Wildman–Crippen LogP) is 1.81. The monoisotopic (exact) mass is 337 g/mol. The molecular weight excluding hydrogens is 325 g/mol. The summed E-state index contributed by atoms with van der Waals surface area (Å²) in [5.74, 6) is 8.64. The van der Waals surface area contributed by atoms with Gasteiger partial charge in [-0.15, -0.1) is 6.42 Å². The molecule has 0 saturated heterocycles. The lowest BCUT2D eigenvalue weighted by atomic mass is 10.3. The van der Waals surface area contributed by atoms with Crippen LogP contribution in [0.15, 0.2) is 23.0 Å². The van der Waals surface area contributed by atoms with Crippen LogP contribution in [0.4, 0.5) is 5.95 Å². The topological polar surface area (TPSA) is 77.0 Å². The van der Waals surface area contributed by atoms with E-state index in [0.29, 0.717) is 28.0 Å². The number of hydrazine groups is 1. The van der Waals surface area contributed by atoms with Crippen molar-refractivity contribution < 1.29 is 0 Å². The first kappa shape index (κ1) is 16.3. The van der Waals surface area contributed by atoms with E-state index < -0.39 is 5.69 Å². The van der Waals surface area contributed by atoms with Gasteiger partial charge in [0, 0.05) is 6.42 Å². The number of hydrogen-bond acceptors (Lipinski definition) is 5. The highest BCUT2D eigenvalue weighted by Crippen LogP contribution is 2.24. The van der Waals surface area contributed by atoms with Gasteiger partial charge in [-0.25, -0.2) is 15.2 Å². The van der Waals surface area contributed by atoms with Gasteiger partial charge in [0.2, 0.25) is 5.95 Å². The molecule has 114 valence electrons. The van der Waals surface area contributed by atoms with E-state index in [2.05, 4.69) is 15.9 Å². The summed E-state index contributed by atoms with van der Waals surface area (Å²) < 4.78 is 1.36. The first-order chi connectivity index (χ1) is 10.5. The fourth-order valence-electron chi connectivity index (χ4n) is 1.85. The van der Waals surface area contributed by atoms with Gasteiger partial charge in [-0.05, 0) is 18.2 Å². The minimum Gasteiger partial charge on any atom is -0.266 e. The molecule has 0 aliphatic carbocycles. The maximum Gasteiger partial charge on any atom is 0.356 e. The Labute approximate surface area is 137 Å². The Hall–Kier alpha value is -2.07. The lowest BCUT2D eigenvalue weighted by molar-refractivity contribution is 0.742. The van der Waals surface area contributed by atoms with Gasteiger partial charge in [0.05, 0.1) is 22.3 Å². The van der Waals surface area contributed by atoms with Crippen LogP contribution in [0.1, 0.15) is 12.7 Å². The summed E-state index contributed by atoms with van der Waals surface area (Å²) in [6.07, 6.45) is 5.68. The van der Waals surface area contributed by atoms with Crippen LogP contribution in [-0.2, 0) is 6.42 Å². The van der Waals surface area contributed by atoms with E-state index >= 15 is 0 Å². The van der Waals surface area contributed by atoms with Gasteiger partial charge < -0.3 is 0 Å². The first-order valence-corrected chi connectivity index (χ1v) is 7.14. The van der Waals surface area contributed by atoms with Crippen LogP contribution < -0.4 is 16.5 Å². The average molecular weight is 338 g/mol. The molecule has 0 radical (unpaired) electrons. The molecule has 1 heterocycles. The third-order valence-corrected chi connectivity index (χ3v) is 3.61. The van der Waals surface area contributed by atoms with Gasteiger partial charge in [0.25, 0.3) is 0 Å². The minimum absolute atomic E-state index is 0.0797. The number of terminal acetylenes is 1. The first-order valence-electron chi connectivity index (χ1n) is 6.39. The fraction of sp³-hybridized carbons (Fsp3) is 0.214. The second-order valence-electron chi connectivity index (χ2n) is 4.34. The fourth-order valence-corrected chi connectivity index (χ4v) is 2.15. The van der Waals surface area contributed by atoms with Crippen LogP contribution >= 0.6 is 23.2 Å². The molecule has 2 N–H and O–H groups in total. The van der Waals surface area contributed by atoms with Crippen molar-refractivity contribution >= 4 is 29.2 Å². The van der Waals surface area contributed by atoms with Crippen molar-refractivity contribution in [3.05, 3.63) is 44.6 Å². The van der Waals surface area contributed by atoms with Crippen molar-refractivity contribution in [1.82, 2.24) is 14.5 Å². The quantitative estimate of drug-likeness (QED) is 0.523. The SMILES string of the molecule is C#CCN(N)c1nc(CC)n(-c2ccc(Cl)c(Cl)c2)c(=O)n1. The number of halogens is 2. The Balaban J connectivity index is 2.59. The van der Waals surface area contributed by atoms with Gasteiger partial charge in [-0.2, -0.15) is 9.97 Å². The van der Waals surface area contributed by atoms with Gasteiger partial charge in [-0.1, -0.05) is 36.0 Å². The summed E-state index contributed by atoms with van der Waals surface area (Å²) in [5.41, 5.74) is 0.0102. The molecule has 0 amide bonds. The van der Waals surface area contributed by atoms with Gasteiger partial charge in [0.1, 0.15) is 5.82 Å². The predicted molar refractivity (Wildman–Crippen MR) is 87.4 cm³/mol. The highest BCUT2D eigenvalue weighted by molar-refractivity contribution is 6.42. The average Bonchev–Trinajstić information content (AvgIpc) is 2.49. The summed E-state index contributed by atoms with van der Waals surface area (Å²) in [4.78, 5) is 20.5. The molecule has 0 saturated carbocycles. The summed E-state index contributed by atoms with van der Waals surface area (Å²) >= 11 is 11.9. The van der Waals surface area contributed by atoms with Crippen molar-refractivity contribution in [2.75, 3.05) is 11.6 Å². The van der Waals surface area contributed by atoms with Crippen molar-refractivity contribution in [1.29, 1.82) is 0 Å². The molecule has 0 aliphatic heterocycles. The summed E-state index contributed by atoms with van der Waals surface area (Å²) in [5, 5.41) is 1.88. The van der Waals surface area contributed by atoms with E-state index in [1.165, 1.54) is 4.57 Å². The van der Waals surface area contributed by atoms with Gasteiger partial charge in [0.15, 0.2) is 0 Å². The smallest absolute Gasteiger partial charge is 0.266 e. The van der Waals surface area contributed by atoms with Crippen LogP contribution in [0.5, 0.6) is 0 Å². The lowest BCUT2D eigenvalue weighted by Crippen LogP contribution is -2.37. The van der Waals surface area contributed by atoms with Crippen molar-refractivity contribution in [2.24, 2.45) is 5.84 Å². The van der Waals surface area contributed by atoms with E-state index in [1.807, 2.05) is 6.92 Å². The molecule has 0 bridgehead atoms. The highest BCUT2D eigenvalue weighted by atomic mass is 35.5. The van der Waals surface area contributed by atoms with E-state index in [4.69, 9.17) is 35.5 Å². The van der Waals surface area contributed by atoms with Crippen molar-refractivity contribution in [2.45, 2.75) is 13.3 Å². The summed E-state index contributed by atoms with van der Waals surface area (Å²) in [7, 11) is 0. The Morgan fingerprint density at radius 3 is 2.68 bits per heavy atom. The van der Waals surface area contributed by atoms with Crippen molar-refractivity contribution in [3.8, 4) is 18.0 Å². The van der Waals surface area contributed by atoms with E-state index in [1.54, 1.807) is 18.2 Å². The lowest BCUT2D eigenvalue weighted by Gasteiger charge is -2.16. The van der Waals surface area contributed by atoms with Crippen LogP contribution in [0.25, 0.3) is 5.69 Å². The van der Waals surface area contributed by atoms with E-state index in [-0.39, 0.29) is 12.5 Å². The summed E-state index contributed by atoms with van der Waals surface area (Å²) in [6.45, 7) is 1.96. The Morgan fingerprint density at radius 2 is 2.09 bits per heavy atom. The second-order valence-corrected chi connectivity index (χ2v) is 5.16. The van der Waals surface area contributed by atoms with Crippen LogP contribution in [0.2, 0.25) is 10.0 Å². The number of aryl methyl sites for hydroxylation is 1. The molecular formula is C14H13Cl2N5O. The molecule has 2 rings (SSSR count). The molecule has 8 heteroatoms. The number of hydrogen-bond donors (Lipinski definition) is 1. The standard InChI is InChI=1S/C14H13Cl2N5O/c1-3-7-20(17)13-18-12(4-2)21(14(22)19-13)9-5-6-10(15)11(16)8-9/h1,5-6,8H,4,7,17H2,2H3. The van der Waals surface area contributed by atoms with Gasteiger partial charge >= 0.3 is 5.69 Å². The Kier molecular flexibility index (Phi) is 5.03. The molecule has 0 unspecified atom stereocenters. The molecule has 6 nitrogen and oxygen atoms in total. The molecule has 0 spiro atoms. The number of nitrogens with zero attached hydrogens (tertiary/aromatic N) is 4. The number of nitrogens with two attached hydrogens (primary N) is 1. The van der Waals surface area contributed by atoms with E-state index in [9.17, 15) is 4.79 Å². The maximum atomic E-state index is 12.3. The van der Waals surface area contributed by atoms with E-state index in [0.717, 1.165) is 5.01 Å². The Morgan fingerprint density at radius 1 is 1.36 bits per heavy atom. The van der Waals surface area contributed by atoms with Gasteiger partial charge in [-0.3, -0.25) is 5.01 Å². The highest BCUT2D eigenvalue weighted by Gasteiger charge is 2.14. The Bertz CT molecular complexity index is 797. The molecule has 0 atom stereocenters. The minimum atomic E-state index is -0.521. The zero-order valence-corrected chi connectivity index (χ0v) is 13.3. The number of rotatable bonds is 4. The van der Waals surface area contributed by atoms with Crippen molar-refractivity contribution in [3.63, 3.8) is 0 Å². The summed E-state index contributed by atoms with van der Waals surface area (Å²) in [6, 6.07) is 4.85. The maximum absolute atomic E-state index is 12.3. The largest absolute Gasteiger partial charge is 0.356 e. The number of aromatic nitrogens is 3. The normalized spacial score (nSPS) is 10.3. The third kappa shape index (κ3) is 3.22.